The lowest BCUT2D eigenvalue weighted by atomic mass is 10.0. The highest BCUT2D eigenvalue weighted by molar-refractivity contribution is 9.10. The van der Waals surface area contributed by atoms with Crippen molar-refractivity contribution in [1.82, 2.24) is 10.2 Å². The molecule has 0 radical (unpaired) electrons. The van der Waals surface area contributed by atoms with Gasteiger partial charge in [0.15, 0.2) is 6.61 Å². The Bertz CT molecular complexity index is 753. The molecule has 0 saturated carbocycles. The summed E-state index contributed by atoms with van der Waals surface area (Å²) in [6.45, 7) is 6.98. The number of amides is 2. The van der Waals surface area contributed by atoms with Crippen LogP contribution in [-0.4, -0.2) is 55.0 Å². The van der Waals surface area contributed by atoms with Gasteiger partial charge in [0.2, 0.25) is 5.91 Å². The topological polar surface area (TPSA) is 84.9 Å². The van der Waals surface area contributed by atoms with Crippen molar-refractivity contribution in [2.75, 3.05) is 26.3 Å². The SMILES string of the molecule is CCCCCOC(=O)CC1C(=O)NCCN1C(=O)COc1ccc(Br)cc1C(C)C. The molecular weight excluding hydrogens is 452 g/mol. The van der Waals surface area contributed by atoms with E-state index in [1.54, 1.807) is 0 Å². The summed E-state index contributed by atoms with van der Waals surface area (Å²) < 4.78 is 11.9. The first-order chi connectivity index (χ1) is 14.3. The minimum Gasteiger partial charge on any atom is -0.483 e. The van der Waals surface area contributed by atoms with Crippen LogP contribution in [0, 0.1) is 0 Å². The summed E-state index contributed by atoms with van der Waals surface area (Å²) in [5, 5.41) is 2.72. The zero-order valence-corrected chi connectivity index (χ0v) is 19.5. The van der Waals surface area contributed by atoms with E-state index in [4.69, 9.17) is 9.47 Å². The first kappa shape index (κ1) is 24.2. The largest absolute Gasteiger partial charge is 0.483 e. The van der Waals surface area contributed by atoms with Crippen LogP contribution in [0.4, 0.5) is 0 Å². The van der Waals surface area contributed by atoms with Crippen molar-refractivity contribution in [2.45, 2.75) is 58.4 Å². The number of carbonyl (C=O) groups excluding carboxylic acids is 3. The standard InChI is InChI=1S/C22H31BrN2O5/c1-4-5-6-11-29-21(27)13-18-22(28)24-9-10-25(18)20(26)14-30-19-8-7-16(23)12-17(19)15(2)3/h7-8,12,15,18H,4-6,9-11,13-14H2,1-3H3,(H,24,28). The van der Waals surface area contributed by atoms with E-state index in [2.05, 4.69) is 28.2 Å². The second-order valence-electron chi connectivity index (χ2n) is 7.65. The highest BCUT2D eigenvalue weighted by Gasteiger charge is 2.35. The summed E-state index contributed by atoms with van der Waals surface area (Å²) in [7, 11) is 0. The molecule has 1 N–H and O–H groups in total. The number of esters is 1. The number of nitrogens with one attached hydrogen (secondary N) is 1. The first-order valence-corrected chi connectivity index (χ1v) is 11.3. The molecule has 30 heavy (non-hydrogen) atoms. The lowest BCUT2D eigenvalue weighted by Gasteiger charge is -2.34. The van der Waals surface area contributed by atoms with Crippen LogP contribution in [0.3, 0.4) is 0 Å². The highest BCUT2D eigenvalue weighted by atomic mass is 79.9. The number of halogens is 1. The number of benzene rings is 1. The molecule has 166 valence electrons. The molecule has 1 unspecified atom stereocenters. The number of unbranched alkanes of at least 4 members (excludes halogenated alkanes) is 2. The van der Waals surface area contributed by atoms with Crippen LogP contribution in [-0.2, 0) is 19.1 Å². The van der Waals surface area contributed by atoms with Crippen LogP contribution in [0.15, 0.2) is 22.7 Å². The number of hydrogen-bond acceptors (Lipinski definition) is 5. The van der Waals surface area contributed by atoms with E-state index >= 15 is 0 Å². The van der Waals surface area contributed by atoms with Crippen molar-refractivity contribution >= 4 is 33.7 Å². The fourth-order valence-corrected chi connectivity index (χ4v) is 3.67. The Hall–Kier alpha value is -2.09. The zero-order chi connectivity index (χ0) is 22.1. The third-order valence-corrected chi connectivity index (χ3v) is 5.46. The summed E-state index contributed by atoms with van der Waals surface area (Å²) in [5.41, 5.74) is 0.987. The van der Waals surface area contributed by atoms with Gasteiger partial charge in [-0.15, -0.1) is 0 Å². The smallest absolute Gasteiger partial charge is 0.308 e. The lowest BCUT2D eigenvalue weighted by Crippen LogP contribution is -2.58. The number of hydrogen-bond donors (Lipinski definition) is 1. The van der Waals surface area contributed by atoms with Gasteiger partial charge in [0.25, 0.3) is 5.91 Å². The monoisotopic (exact) mass is 482 g/mol. The molecule has 1 aromatic carbocycles. The summed E-state index contributed by atoms with van der Waals surface area (Å²) in [6, 6.07) is 4.77. The summed E-state index contributed by atoms with van der Waals surface area (Å²) in [6.07, 6.45) is 2.65. The maximum atomic E-state index is 12.8. The third-order valence-electron chi connectivity index (χ3n) is 4.97. The molecule has 1 saturated heterocycles. The van der Waals surface area contributed by atoms with Gasteiger partial charge in [0.05, 0.1) is 13.0 Å². The molecule has 1 atom stereocenters. The van der Waals surface area contributed by atoms with E-state index in [0.717, 1.165) is 29.3 Å². The molecule has 0 bridgehead atoms. The van der Waals surface area contributed by atoms with Crippen molar-refractivity contribution in [1.29, 1.82) is 0 Å². The molecule has 0 aliphatic carbocycles. The molecule has 1 fully saturated rings. The van der Waals surface area contributed by atoms with Crippen LogP contribution in [0.25, 0.3) is 0 Å². The fourth-order valence-electron chi connectivity index (χ4n) is 3.30. The Labute approximate surface area is 186 Å². The third kappa shape index (κ3) is 7.00. The number of nitrogens with zero attached hydrogens (tertiary/aromatic N) is 1. The maximum absolute atomic E-state index is 12.8. The van der Waals surface area contributed by atoms with Crippen LogP contribution >= 0.6 is 15.9 Å². The predicted octanol–water partition coefficient (Wildman–Crippen LogP) is 3.40. The highest BCUT2D eigenvalue weighted by Crippen LogP contribution is 2.29. The average molecular weight is 483 g/mol. The Balaban J connectivity index is 1.98. The molecule has 8 heteroatoms. The molecule has 1 aliphatic rings. The normalized spacial score (nSPS) is 16.4. The molecule has 1 aliphatic heterocycles. The van der Waals surface area contributed by atoms with Gasteiger partial charge in [-0.3, -0.25) is 14.4 Å². The number of piperazine rings is 1. The van der Waals surface area contributed by atoms with Crippen LogP contribution < -0.4 is 10.1 Å². The number of carbonyl (C=O) groups is 3. The molecular formula is C22H31BrN2O5. The van der Waals surface area contributed by atoms with Crippen LogP contribution in [0.5, 0.6) is 5.75 Å². The van der Waals surface area contributed by atoms with E-state index in [1.807, 2.05) is 32.0 Å². The fraction of sp³-hybridized carbons (Fsp3) is 0.591. The minimum atomic E-state index is -0.872. The van der Waals surface area contributed by atoms with Gasteiger partial charge in [0, 0.05) is 17.6 Å². The van der Waals surface area contributed by atoms with Gasteiger partial charge in [-0.2, -0.15) is 0 Å². The van der Waals surface area contributed by atoms with Gasteiger partial charge in [-0.25, -0.2) is 0 Å². The second-order valence-corrected chi connectivity index (χ2v) is 8.57. The molecule has 0 aromatic heterocycles. The van der Waals surface area contributed by atoms with E-state index in [0.29, 0.717) is 25.4 Å². The molecule has 7 nitrogen and oxygen atoms in total. The van der Waals surface area contributed by atoms with Crippen molar-refractivity contribution < 1.29 is 23.9 Å². The van der Waals surface area contributed by atoms with E-state index in [-0.39, 0.29) is 30.8 Å². The maximum Gasteiger partial charge on any atom is 0.308 e. The van der Waals surface area contributed by atoms with Gasteiger partial charge in [-0.05, 0) is 36.1 Å². The van der Waals surface area contributed by atoms with Gasteiger partial charge >= 0.3 is 5.97 Å². The zero-order valence-electron chi connectivity index (χ0n) is 17.9. The molecule has 1 aromatic rings. The van der Waals surface area contributed by atoms with E-state index in [1.165, 1.54) is 4.90 Å². The minimum absolute atomic E-state index is 0.154. The van der Waals surface area contributed by atoms with Gasteiger partial charge < -0.3 is 19.7 Å². The van der Waals surface area contributed by atoms with Crippen molar-refractivity contribution in [2.24, 2.45) is 0 Å². The quantitative estimate of drug-likeness (QED) is 0.408. The summed E-state index contributed by atoms with van der Waals surface area (Å²) in [5.74, 6) is -0.279. The Morgan fingerprint density at radius 3 is 2.77 bits per heavy atom. The van der Waals surface area contributed by atoms with Crippen LogP contribution in [0.2, 0.25) is 0 Å². The molecule has 2 amide bonds. The molecule has 2 rings (SSSR count). The van der Waals surface area contributed by atoms with Gasteiger partial charge in [0.1, 0.15) is 11.8 Å². The molecule has 1 heterocycles. The molecule has 0 spiro atoms. The Kier molecular flexibility index (Phi) is 9.62. The van der Waals surface area contributed by atoms with Crippen molar-refractivity contribution in [3.05, 3.63) is 28.2 Å². The first-order valence-electron chi connectivity index (χ1n) is 10.5. The average Bonchev–Trinajstić information content (AvgIpc) is 2.71. The van der Waals surface area contributed by atoms with Crippen molar-refractivity contribution in [3.8, 4) is 5.75 Å². The summed E-state index contributed by atoms with van der Waals surface area (Å²) >= 11 is 3.45. The van der Waals surface area contributed by atoms with E-state index < -0.39 is 12.0 Å². The number of rotatable bonds is 10. The predicted molar refractivity (Wildman–Crippen MR) is 117 cm³/mol. The van der Waals surface area contributed by atoms with Gasteiger partial charge in [-0.1, -0.05) is 49.5 Å². The lowest BCUT2D eigenvalue weighted by molar-refractivity contribution is -0.152. The van der Waals surface area contributed by atoms with Crippen molar-refractivity contribution in [3.63, 3.8) is 0 Å². The Morgan fingerprint density at radius 2 is 2.07 bits per heavy atom. The Morgan fingerprint density at radius 1 is 1.30 bits per heavy atom. The van der Waals surface area contributed by atoms with E-state index in [9.17, 15) is 14.4 Å². The summed E-state index contributed by atoms with van der Waals surface area (Å²) in [4.78, 5) is 38.7. The second kappa shape index (κ2) is 11.9. The van der Waals surface area contributed by atoms with Crippen LogP contribution in [0.1, 0.15) is 57.9 Å². The number of ether oxygens (including phenoxy) is 2.